The molecule has 1 unspecified atom stereocenters. The number of halogens is 2. The van der Waals surface area contributed by atoms with Gasteiger partial charge in [0.25, 0.3) is 11.8 Å². The summed E-state index contributed by atoms with van der Waals surface area (Å²) < 4.78 is 34.5. The van der Waals surface area contributed by atoms with Gasteiger partial charge < -0.3 is 43.2 Å². The number of carbonyl (C=O) groups is 3. The summed E-state index contributed by atoms with van der Waals surface area (Å²) in [5.74, 6) is -4.34. The van der Waals surface area contributed by atoms with E-state index in [0.29, 0.717) is 36.3 Å². The number of nitrogen functional groups attached to an aromatic ring is 3. The average Bonchev–Trinajstić information content (AvgIpc) is 3.07. The number of unbranched alkanes of at least 4 members (excludes halogenated alkanes) is 1. The van der Waals surface area contributed by atoms with Crippen molar-refractivity contribution in [3.05, 3.63) is 113 Å². The zero-order chi connectivity index (χ0) is 35.9. The van der Waals surface area contributed by atoms with Gasteiger partial charge in [0.05, 0.1) is 6.04 Å². The van der Waals surface area contributed by atoms with Gasteiger partial charge in [-0.3, -0.25) is 14.4 Å². The highest BCUT2D eigenvalue weighted by Crippen LogP contribution is 2.24. The van der Waals surface area contributed by atoms with Crippen LogP contribution in [-0.2, 0) is 11.3 Å². The quantitative estimate of drug-likeness (QED) is 0.0837. The second-order valence-electron chi connectivity index (χ2n) is 11.4. The highest BCUT2D eigenvalue weighted by atomic mass is 19.1. The van der Waals surface area contributed by atoms with Gasteiger partial charge in [0, 0.05) is 54.5 Å². The summed E-state index contributed by atoms with van der Waals surface area (Å²) in [7, 11) is 4.01. The summed E-state index contributed by atoms with van der Waals surface area (Å²) in [5, 5.41) is 5.21. The van der Waals surface area contributed by atoms with Gasteiger partial charge in [0.1, 0.15) is 6.61 Å². The molecule has 4 aromatic carbocycles. The second kappa shape index (κ2) is 18.6. The Bertz CT molecular complexity index is 1680. The number of ketones is 1. The number of hydrogen-bond acceptors (Lipinski definition) is 9. The molecule has 0 aliphatic rings. The lowest BCUT2D eigenvalue weighted by Gasteiger charge is -2.18. The lowest BCUT2D eigenvalue weighted by atomic mass is 10.0. The van der Waals surface area contributed by atoms with Gasteiger partial charge >= 0.3 is 0 Å². The Morgan fingerprint density at radius 3 is 1.96 bits per heavy atom. The van der Waals surface area contributed by atoms with Crippen LogP contribution in [0.25, 0.3) is 0 Å². The number of nitrogens with zero attached hydrogens (tertiary/aromatic N) is 1. The molecule has 0 bridgehead atoms. The standard InChI is InChI=1S/C28H31F2N5O4.C8H12N2/c29-22-12-17(15-34-27(37)18-7-9-20(32)10-8-18)13-23(30)26(22)39-16-25(36)24(6-1-2-11-31)35-28(38)19-4-3-5-21(33)14-19;1-10(2)8-5-3-7(9)4-6-8/h3-5,7-10,12-14,24H,1-2,6,11,15-16,31-33H2,(H,34,37)(H,35,38);3-6H,9H2,1-2H3. The van der Waals surface area contributed by atoms with Gasteiger partial charge in [0.2, 0.25) is 0 Å². The molecule has 0 fully saturated rings. The first kappa shape index (κ1) is 37.8. The Morgan fingerprint density at radius 1 is 0.776 bits per heavy atom. The first-order chi connectivity index (χ1) is 23.4. The normalized spacial score (nSPS) is 11.0. The van der Waals surface area contributed by atoms with Crippen LogP contribution in [0.4, 0.5) is 31.5 Å². The van der Waals surface area contributed by atoms with Gasteiger partial charge in [-0.05, 0) is 110 Å². The van der Waals surface area contributed by atoms with Crippen LogP contribution in [0.5, 0.6) is 5.75 Å². The highest BCUT2D eigenvalue weighted by molar-refractivity contribution is 5.98. The first-order valence-corrected chi connectivity index (χ1v) is 15.5. The van der Waals surface area contributed by atoms with E-state index in [9.17, 15) is 23.2 Å². The smallest absolute Gasteiger partial charge is 0.251 e. The van der Waals surface area contributed by atoms with Crippen LogP contribution in [0, 0.1) is 11.6 Å². The monoisotopic (exact) mass is 675 g/mol. The number of rotatable bonds is 14. The summed E-state index contributed by atoms with van der Waals surface area (Å²) in [6.07, 6.45) is 1.44. The van der Waals surface area contributed by atoms with Gasteiger partial charge in [-0.1, -0.05) is 6.07 Å². The maximum atomic E-state index is 14.7. The van der Waals surface area contributed by atoms with Crippen LogP contribution in [0.1, 0.15) is 45.5 Å². The van der Waals surface area contributed by atoms with Crippen LogP contribution >= 0.6 is 0 Å². The Hall–Kier alpha value is -5.69. The molecule has 13 heteroatoms. The summed E-state index contributed by atoms with van der Waals surface area (Å²) in [6.45, 7) is -0.412. The summed E-state index contributed by atoms with van der Waals surface area (Å²) in [6, 6.07) is 21.3. The fraction of sp³-hybridized carbons (Fsp3) is 0.250. The predicted octanol–water partition coefficient (Wildman–Crippen LogP) is 4.27. The minimum atomic E-state index is -1.04. The van der Waals surface area contributed by atoms with Crippen LogP contribution in [0.3, 0.4) is 0 Å². The lowest BCUT2D eigenvalue weighted by molar-refractivity contribution is -0.123. The molecule has 0 saturated carbocycles. The van der Waals surface area contributed by atoms with Crippen molar-refractivity contribution in [1.82, 2.24) is 10.6 Å². The number of benzene rings is 4. The highest BCUT2D eigenvalue weighted by Gasteiger charge is 2.23. The van der Waals surface area contributed by atoms with Crippen molar-refractivity contribution in [2.75, 3.05) is 49.3 Å². The van der Waals surface area contributed by atoms with E-state index in [1.807, 2.05) is 43.3 Å². The summed E-state index contributed by atoms with van der Waals surface area (Å²) in [5.41, 5.74) is 26.0. The fourth-order valence-corrected chi connectivity index (χ4v) is 4.52. The SMILES string of the molecule is CN(C)c1ccc(N)cc1.NCCCCC(NC(=O)c1cccc(N)c1)C(=O)COc1c(F)cc(CNC(=O)c2ccc(N)cc2)cc1F. The molecular weight excluding hydrogens is 632 g/mol. The topological polar surface area (TPSA) is 192 Å². The molecular formula is C36H43F2N7O4. The maximum absolute atomic E-state index is 14.7. The average molecular weight is 676 g/mol. The third-order valence-corrected chi connectivity index (χ3v) is 7.24. The van der Waals surface area contributed by atoms with Crippen LogP contribution < -0.4 is 43.2 Å². The van der Waals surface area contributed by atoms with Gasteiger partial charge in [-0.2, -0.15) is 0 Å². The zero-order valence-corrected chi connectivity index (χ0v) is 27.5. The molecule has 260 valence electrons. The van der Waals surface area contributed by atoms with Crippen LogP contribution in [-0.4, -0.2) is 50.9 Å². The van der Waals surface area contributed by atoms with Crippen LogP contribution in [0.15, 0.2) is 84.9 Å². The van der Waals surface area contributed by atoms with Crippen molar-refractivity contribution in [3.8, 4) is 5.75 Å². The Kier molecular flexibility index (Phi) is 14.3. The molecule has 10 N–H and O–H groups in total. The molecule has 0 aliphatic heterocycles. The van der Waals surface area contributed by atoms with E-state index in [4.69, 9.17) is 27.7 Å². The molecule has 11 nitrogen and oxygen atoms in total. The van der Waals surface area contributed by atoms with Gasteiger partial charge in [-0.25, -0.2) is 8.78 Å². The number of amides is 2. The van der Waals surface area contributed by atoms with Crippen molar-refractivity contribution < 1.29 is 27.9 Å². The number of carbonyl (C=O) groups excluding carboxylic acids is 3. The van der Waals surface area contributed by atoms with E-state index >= 15 is 0 Å². The number of hydrogen-bond donors (Lipinski definition) is 6. The number of ether oxygens (including phenoxy) is 1. The number of anilines is 4. The van der Waals surface area contributed by atoms with Crippen molar-refractivity contribution >= 4 is 40.3 Å². The summed E-state index contributed by atoms with van der Waals surface area (Å²) in [4.78, 5) is 39.8. The Morgan fingerprint density at radius 2 is 1.39 bits per heavy atom. The van der Waals surface area contributed by atoms with Crippen molar-refractivity contribution in [2.24, 2.45) is 5.73 Å². The maximum Gasteiger partial charge on any atom is 0.251 e. The predicted molar refractivity (Wildman–Crippen MR) is 189 cm³/mol. The molecule has 0 spiro atoms. The molecule has 0 radical (unpaired) electrons. The molecule has 0 aliphatic carbocycles. The van der Waals surface area contributed by atoms with Crippen molar-refractivity contribution in [1.29, 1.82) is 0 Å². The number of nitrogens with two attached hydrogens (primary N) is 4. The van der Waals surface area contributed by atoms with E-state index in [1.165, 1.54) is 23.9 Å². The number of Topliss-reactive ketones (excluding diaryl/α,β-unsaturated/α-hetero) is 1. The van der Waals surface area contributed by atoms with E-state index in [1.54, 1.807) is 30.3 Å². The second-order valence-corrected chi connectivity index (χ2v) is 11.4. The van der Waals surface area contributed by atoms with Crippen molar-refractivity contribution in [2.45, 2.75) is 31.8 Å². The molecule has 2 amide bonds. The molecule has 1 atom stereocenters. The van der Waals surface area contributed by atoms with E-state index in [0.717, 1.165) is 17.8 Å². The molecule has 49 heavy (non-hydrogen) atoms. The van der Waals surface area contributed by atoms with Crippen molar-refractivity contribution in [3.63, 3.8) is 0 Å². The number of nitrogens with one attached hydrogen (secondary N) is 2. The molecule has 0 aromatic heterocycles. The van der Waals surface area contributed by atoms with Gasteiger partial charge in [0.15, 0.2) is 23.2 Å². The zero-order valence-electron chi connectivity index (χ0n) is 27.5. The molecule has 0 saturated heterocycles. The molecule has 4 aromatic rings. The third kappa shape index (κ3) is 12.1. The molecule has 0 heterocycles. The van der Waals surface area contributed by atoms with E-state index < -0.39 is 47.6 Å². The fourth-order valence-electron chi connectivity index (χ4n) is 4.52. The lowest BCUT2D eigenvalue weighted by Crippen LogP contribution is -2.43. The van der Waals surface area contributed by atoms with Gasteiger partial charge in [-0.15, -0.1) is 0 Å². The first-order valence-electron chi connectivity index (χ1n) is 15.5. The van der Waals surface area contributed by atoms with E-state index in [-0.39, 0.29) is 24.1 Å². The van der Waals surface area contributed by atoms with E-state index in [2.05, 4.69) is 10.6 Å². The summed E-state index contributed by atoms with van der Waals surface area (Å²) >= 11 is 0. The Balaban J connectivity index is 0.000000555. The minimum absolute atomic E-state index is 0.143. The molecule has 4 rings (SSSR count). The van der Waals surface area contributed by atoms with Crippen LogP contribution in [0.2, 0.25) is 0 Å². The Labute approximate surface area is 284 Å². The largest absolute Gasteiger partial charge is 0.480 e. The third-order valence-electron chi connectivity index (χ3n) is 7.24. The minimum Gasteiger partial charge on any atom is -0.480 e.